The average molecular weight is 580 g/mol. The number of thiazole rings is 1. The number of rotatable bonds is 11. The number of anilines is 1. The lowest BCUT2D eigenvalue weighted by Gasteiger charge is -2.53. The third-order valence-electron chi connectivity index (χ3n) is 6.09. The van der Waals surface area contributed by atoms with Crippen LogP contribution in [0.3, 0.4) is 0 Å². The molecular formula is C20H21N9O6S3. The maximum absolute atomic E-state index is 13.2. The van der Waals surface area contributed by atoms with Crippen LogP contribution in [0.1, 0.15) is 18.5 Å². The van der Waals surface area contributed by atoms with E-state index in [-0.39, 0.29) is 40.7 Å². The molecule has 2 aromatic rings. The van der Waals surface area contributed by atoms with Gasteiger partial charge < -0.3 is 25.5 Å². The van der Waals surface area contributed by atoms with Crippen molar-refractivity contribution in [2.75, 3.05) is 23.4 Å². The predicted octanol–water partition coefficient (Wildman–Crippen LogP) is -0.0730. The number of nitrogens with zero attached hydrogens (tertiary/aromatic N) is 6. The number of oxime groups is 1. The number of aromatic nitrogens is 5. The van der Waals surface area contributed by atoms with E-state index in [0.717, 1.165) is 35.9 Å². The van der Waals surface area contributed by atoms with Crippen LogP contribution in [0.25, 0.3) is 0 Å². The van der Waals surface area contributed by atoms with Crippen molar-refractivity contribution in [3.63, 3.8) is 0 Å². The van der Waals surface area contributed by atoms with Crippen LogP contribution in [0.2, 0.25) is 0 Å². The number of hydrogen-bond acceptors (Lipinski definition) is 13. The van der Waals surface area contributed by atoms with Gasteiger partial charge in [0.25, 0.3) is 5.91 Å². The van der Waals surface area contributed by atoms with Gasteiger partial charge in [0.05, 0.1) is 0 Å². The summed E-state index contributed by atoms with van der Waals surface area (Å²) in [4.78, 5) is 60.4. The summed E-state index contributed by atoms with van der Waals surface area (Å²) in [6.07, 6.45) is 5.54. The first kappa shape index (κ1) is 26.1. The van der Waals surface area contributed by atoms with E-state index in [1.165, 1.54) is 16.7 Å². The summed E-state index contributed by atoms with van der Waals surface area (Å²) in [6, 6.07) is -0.867. The third-order valence-corrected chi connectivity index (χ3v) is 9.59. The first-order valence-corrected chi connectivity index (χ1v) is 14.2. The monoisotopic (exact) mass is 579 g/mol. The van der Waals surface area contributed by atoms with E-state index in [9.17, 15) is 24.3 Å². The largest absolute Gasteiger partial charge is 0.481 e. The molecule has 0 saturated carbocycles. The zero-order valence-corrected chi connectivity index (χ0v) is 21.9. The van der Waals surface area contributed by atoms with Gasteiger partial charge in [0.1, 0.15) is 28.6 Å². The Morgan fingerprint density at radius 2 is 2.32 bits per heavy atom. The Balaban J connectivity index is 1.27. The molecule has 1 aliphatic carbocycles. The number of fused-ring (bicyclic) bond motifs is 1. The highest BCUT2D eigenvalue weighted by molar-refractivity contribution is 8.00. The van der Waals surface area contributed by atoms with Gasteiger partial charge in [0.2, 0.25) is 17.5 Å². The molecule has 4 N–H and O–H groups in total. The molecule has 3 unspecified atom stereocenters. The topological polar surface area (TPSA) is 205 Å². The molecule has 4 atom stereocenters. The number of thioether (sulfide) groups is 2. The predicted molar refractivity (Wildman–Crippen MR) is 136 cm³/mol. The SMILES string of the molecule is O=CNc1nc(C(=NOC2C=CCC2)C(=O)NC2C(=O)N3CC(CSc4nnn[nH]4)(C(=O)O)CS[C@H]23)cs1. The molecule has 0 radical (unpaired) electrons. The summed E-state index contributed by atoms with van der Waals surface area (Å²) in [7, 11) is 0. The van der Waals surface area contributed by atoms with E-state index < -0.39 is 34.6 Å². The van der Waals surface area contributed by atoms with E-state index in [2.05, 4.69) is 41.4 Å². The Morgan fingerprint density at radius 3 is 3.03 bits per heavy atom. The number of carboxylic acid groups (broad SMARTS) is 1. The number of aromatic amines is 1. The van der Waals surface area contributed by atoms with Gasteiger partial charge in [-0.15, -0.1) is 28.2 Å². The smallest absolute Gasteiger partial charge is 0.313 e. The number of amides is 3. The van der Waals surface area contributed by atoms with E-state index in [1.807, 2.05) is 12.2 Å². The van der Waals surface area contributed by atoms with Crippen LogP contribution in [-0.4, -0.2) is 101 Å². The number of allylic oxidation sites excluding steroid dienone is 1. The molecule has 200 valence electrons. The quantitative estimate of drug-likeness (QED) is 0.0689. The highest BCUT2D eigenvalue weighted by Crippen LogP contribution is 2.44. The maximum atomic E-state index is 13.2. The van der Waals surface area contributed by atoms with Crippen molar-refractivity contribution in [1.29, 1.82) is 0 Å². The van der Waals surface area contributed by atoms with Crippen LogP contribution in [0.15, 0.2) is 27.8 Å². The van der Waals surface area contributed by atoms with Gasteiger partial charge >= 0.3 is 5.97 Å². The van der Waals surface area contributed by atoms with Crippen molar-refractivity contribution in [3.8, 4) is 0 Å². The third kappa shape index (κ3) is 5.23. The zero-order valence-electron chi connectivity index (χ0n) is 19.5. The lowest BCUT2D eigenvalue weighted by atomic mass is 9.89. The molecule has 0 bridgehead atoms. The number of aliphatic carboxylic acids is 1. The molecule has 15 nitrogen and oxygen atoms in total. The van der Waals surface area contributed by atoms with Crippen LogP contribution in [0, 0.1) is 5.41 Å². The Morgan fingerprint density at radius 1 is 1.45 bits per heavy atom. The summed E-state index contributed by atoms with van der Waals surface area (Å²) >= 11 is 3.55. The maximum Gasteiger partial charge on any atom is 0.313 e. The second kappa shape index (κ2) is 11.1. The molecule has 4 heterocycles. The highest BCUT2D eigenvalue weighted by Gasteiger charge is 2.57. The van der Waals surface area contributed by atoms with Gasteiger partial charge in [-0.25, -0.2) is 10.1 Å². The van der Waals surface area contributed by atoms with Crippen molar-refractivity contribution in [1.82, 2.24) is 35.8 Å². The summed E-state index contributed by atoms with van der Waals surface area (Å²) in [5.74, 6) is -1.71. The van der Waals surface area contributed by atoms with Crippen molar-refractivity contribution in [2.24, 2.45) is 10.6 Å². The van der Waals surface area contributed by atoms with Crippen LogP contribution < -0.4 is 10.6 Å². The Labute approximate surface area is 227 Å². The van der Waals surface area contributed by atoms with E-state index in [0.29, 0.717) is 11.6 Å². The molecule has 38 heavy (non-hydrogen) atoms. The van der Waals surface area contributed by atoms with Crippen LogP contribution in [-0.2, 0) is 24.0 Å². The van der Waals surface area contributed by atoms with Gasteiger partial charge in [-0.05, 0) is 29.3 Å². The Kier molecular flexibility index (Phi) is 7.61. The van der Waals surface area contributed by atoms with Crippen LogP contribution in [0.5, 0.6) is 0 Å². The average Bonchev–Trinajstić information content (AvgIpc) is 3.70. The molecule has 0 spiro atoms. The Hall–Kier alpha value is -3.51. The number of H-pyrrole nitrogens is 1. The molecule has 2 fully saturated rings. The Bertz CT molecular complexity index is 1280. The minimum Gasteiger partial charge on any atom is -0.481 e. The molecule has 0 aromatic carbocycles. The number of nitrogens with one attached hydrogen (secondary N) is 3. The number of carbonyl (C=O) groups excluding carboxylic acids is 3. The number of tetrazole rings is 1. The number of β-lactam (4-membered cyclic amide) rings is 1. The minimum absolute atomic E-state index is 0.00927. The van der Waals surface area contributed by atoms with Crippen LogP contribution in [0.4, 0.5) is 5.13 Å². The van der Waals surface area contributed by atoms with Crippen molar-refractivity contribution >= 4 is 69.9 Å². The van der Waals surface area contributed by atoms with Crippen molar-refractivity contribution in [2.45, 2.75) is 35.5 Å². The van der Waals surface area contributed by atoms with Gasteiger partial charge in [0, 0.05) is 23.4 Å². The number of hydrogen-bond donors (Lipinski definition) is 4. The minimum atomic E-state index is -1.21. The molecular weight excluding hydrogens is 558 g/mol. The van der Waals surface area contributed by atoms with E-state index in [4.69, 9.17) is 4.84 Å². The van der Waals surface area contributed by atoms with Crippen LogP contribution >= 0.6 is 34.9 Å². The molecule has 2 aromatic heterocycles. The number of carbonyl (C=O) groups is 4. The fourth-order valence-electron chi connectivity index (χ4n) is 4.05. The highest BCUT2D eigenvalue weighted by atomic mass is 32.2. The summed E-state index contributed by atoms with van der Waals surface area (Å²) < 4.78 is 0. The lowest BCUT2D eigenvalue weighted by Crippen LogP contribution is -2.74. The summed E-state index contributed by atoms with van der Waals surface area (Å²) in [5.41, 5.74) is -1.16. The van der Waals surface area contributed by atoms with Gasteiger partial charge in [0.15, 0.2) is 10.8 Å². The second-order valence-electron chi connectivity index (χ2n) is 8.59. The molecule has 3 aliphatic rings. The molecule has 3 amide bonds. The lowest BCUT2D eigenvalue weighted by molar-refractivity contribution is -0.157. The molecule has 2 aliphatic heterocycles. The molecule has 2 saturated heterocycles. The van der Waals surface area contributed by atoms with E-state index >= 15 is 0 Å². The van der Waals surface area contributed by atoms with Gasteiger partial charge in [-0.3, -0.25) is 19.2 Å². The fraction of sp³-hybridized carbons (Fsp3) is 0.450. The van der Waals surface area contributed by atoms with E-state index in [1.54, 1.807) is 5.38 Å². The first-order valence-electron chi connectivity index (χ1n) is 11.3. The number of carboxylic acids is 1. The summed E-state index contributed by atoms with van der Waals surface area (Å²) in [5, 5.41) is 34.2. The first-order chi connectivity index (χ1) is 18.4. The van der Waals surface area contributed by atoms with Gasteiger partial charge in [-0.1, -0.05) is 23.0 Å². The molecule has 18 heteroatoms. The standard InChI is InChI=1S/C20H21N9O6S3/c30-9-21-18-22-11(5-36-18)12(26-35-10-3-1-2-4-10)14(31)23-13-15(32)29-6-20(17(33)34,7-37-16(13)29)8-38-19-24-27-28-25-19/h1,3,5,9-10,13,16H,2,4,6-8H2,(H,23,31)(H,33,34)(H,21,22,30)(H,24,25,27,28)/t10?,13?,16-,20?/m1/s1. The normalized spacial score (nSPS) is 26.4. The van der Waals surface area contributed by atoms with Crippen molar-refractivity contribution in [3.05, 3.63) is 23.2 Å². The zero-order chi connectivity index (χ0) is 26.7. The fourth-order valence-corrected chi connectivity index (χ4v) is 7.31. The second-order valence-corrected chi connectivity index (χ2v) is 11.5. The summed E-state index contributed by atoms with van der Waals surface area (Å²) in [6.45, 7) is -0.00927. The van der Waals surface area contributed by atoms with Gasteiger partial charge in [-0.2, -0.15) is 0 Å². The molecule has 5 rings (SSSR count). The van der Waals surface area contributed by atoms with Crippen molar-refractivity contribution < 1.29 is 29.1 Å².